The molecule has 126 valence electrons. The van der Waals surface area contributed by atoms with E-state index in [1.807, 2.05) is 25.1 Å². The van der Waals surface area contributed by atoms with Gasteiger partial charge in [-0.05, 0) is 49.6 Å². The molecule has 0 aliphatic rings. The fourth-order valence-electron chi connectivity index (χ4n) is 2.34. The van der Waals surface area contributed by atoms with E-state index in [2.05, 4.69) is 28.1 Å². The Labute approximate surface area is 142 Å². The van der Waals surface area contributed by atoms with Crippen LogP contribution >= 0.6 is 0 Å². The number of amides is 3. The Morgan fingerprint density at radius 2 is 1.67 bits per heavy atom. The first kappa shape index (κ1) is 17.5. The van der Waals surface area contributed by atoms with Crippen molar-refractivity contribution in [2.75, 3.05) is 12.4 Å². The fraction of sp³-hybridized carbons (Fsp3) is 0.263. The summed E-state index contributed by atoms with van der Waals surface area (Å²) in [4.78, 5) is 23.5. The highest BCUT2D eigenvalue weighted by molar-refractivity contribution is 5.95. The molecule has 0 saturated heterocycles. The summed E-state index contributed by atoms with van der Waals surface area (Å²) in [6, 6.07) is 16.8. The third kappa shape index (κ3) is 5.43. The predicted molar refractivity (Wildman–Crippen MR) is 96.2 cm³/mol. The Bertz CT molecular complexity index is 669. The zero-order valence-electron chi connectivity index (χ0n) is 14.0. The highest BCUT2D eigenvalue weighted by Gasteiger charge is 2.08. The molecular formula is C19H23N3O2. The Balaban J connectivity index is 1.78. The van der Waals surface area contributed by atoms with E-state index in [0.717, 1.165) is 12.8 Å². The SMILES string of the molecule is CNC(=O)c1ccc(NC(=O)NC(C)CCc2ccccc2)cc1. The lowest BCUT2D eigenvalue weighted by atomic mass is 10.1. The molecular weight excluding hydrogens is 302 g/mol. The summed E-state index contributed by atoms with van der Waals surface area (Å²) in [6.07, 6.45) is 1.79. The van der Waals surface area contributed by atoms with Crippen molar-refractivity contribution in [3.05, 3.63) is 65.7 Å². The molecule has 0 radical (unpaired) electrons. The molecule has 24 heavy (non-hydrogen) atoms. The van der Waals surface area contributed by atoms with Crippen LogP contribution in [0.15, 0.2) is 54.6 Å². The minimum atomic E-state index is -0.247. The first-order valence-corrected chi connectivity index (χ1v) is 8.02. The smallest absolute Gasteiger partial charge is 0.319 e. The molecule has 2 rings (SSSR count). The second kappa shape index (κ2) is 8.72. The number of urea groups is 1. The first-order chi connectivity index (χ1) is 11.6. The molecule has 5 heteroatoms. The molecule has 0 bridgehead atoms. The maximum Gasteiger partial charge on any atom is 0.319 e. The average molecular weight is 325 g/mol. The maximum absolute atomic E-state index is 12.0. The summed E-state index contributed by atoms with van der Waals surface area (Å²) >= 11 is 0. The fourth-order valence-corrected chi connectivity index (χ4v) is 2.34. The molecule has 2 aromatic carbocycles. The van der Waals surface area contributed by atoms with Gasteiger partial charge in [0.15, 0.2) is 0 Å². The summed E-state index contributed by atoms with van der Waals surface area (Å²) in [7, 11) is 1.58. The number of aryl methyl sites for hydroxylation is 1. The van der Waals surface area contributed by atoms with Gasteiger partial charge in [0.1, 0.15) is 0 Å². The number of carbonyl (C=O) groups excluding carboxylic acids is 2. The van der Waals surface area contributed by atoms with E-state index in [1.54, 1.807) is 31.3 Å². The van der Waals surface area contributed by atoms with Gasteiger partial charge in [-0.3, -0.25) is 4.79 Å². The van der Waals surface area contributed by atoms with E-state index < -0.39 is 0 Å². The highest BCUT2D eigenvalue weighted by Crippen LogP contribution is 2.10. The van der Waals surface area contributed by atoms with E-state index in [-0.39, 0.29) is 18.0 Å². The van der Waals surface area contributed by atoms with Gasteiger partial charge in [-0.1, -0.05) is 30.3 Å². The molecule has 3 N–H and O–H groups in total. The maximum atomic E-state index is 12.0. The van der Waals surface area contributed by atoms with Gasteiger partial charge in [0.2, 0.25) is 0 Å². The number of carbonyl (C=O) groups is 2. The van der Waals surface area contributed by atoms with Gasteiger partial charge in [-0.25, -0.2) is 4.79 Å². The summed E-state index contributed by atoms with van der Waals surface area (Å²) in [5.74, 6) is -0.152. The van der Waals surface area contributed by atoms with Crippen molar-refractivity contribution >= 4 is 17.6 Å². The minimum Gasteiger partial charge on any atom is -0.355 e. The molecule has 2 aromatic rings. The van der Waals surface area contributed by atoms with Crippen molar-refractivity contribution in [3.63, 3.8) is 0 Å². The summed E-state index contributed by atoms with van der Waals surface area (Å²) in [6.45, 7) is 1.98. The van der Waals surface area contributed by atoms with Gasteiger partial charge < -0.3 is 16.0 Å². The van der Waals surface area contributed by atoms with Crippen molar-refractivity contribution in [2.45, 2.75) is 25.8 Å². The Morgan fingerprint density at radius 3 is 2.29 bits per heavy atom. The molecule has 3 amide bonds. The van der Waals surface area contributed by atoms with Crippen LogP contribution in [-0.2, 0) is 6.42 Å². The van der Waals surface area contributed by atoms with Crippen LogP contribution in [0, 0.1) is 0 Å². The highest BCUT2D eigenvalue weighted by atomic mass is 16.2. The lowest BCUT2D eigenvalue weighted by Crippen LogP contribution is -2.36. The van der Waals surface area contributed by atoms with Crippen LogP contribution < -0.4 is 16.0 Å². The predicted octanol–water partition coefficient (Wildman–Crippen LogP) is 3.19. The second-order valence-electron chi connectivity index (χ2n) is 5.68. The lowest BCUT2D eigenvalue weighted by molar-refractivity contribution is 0.0963. The number of anilines is 1. The van der Waals surface area contributed by atoms with E-state index >= 15 is 0 Å². The molecule has 1 unspecified atom stereocenters. The molecule has 0 heterocycles. The van der Waals surface area contributed by atoms with E-state index in [4.69, 9.17) is 0 Å². The Morgan fingerprint density at radius 1 is 1.00 bits per heavy atom. The second-order valence-corrected chi connectivity index (χ2v) is 5.68. The Hall–Kier alpha value is -2.82. The molecule has 0 saturated carbocycles. The van der Waals surface area contributed by atoms with E-state index in [0.29, 0.717) is 11.3 Å². The molecule has 0 aliphatic heterocycles. The molecule has 0 aromatic heterocycles. The number of nitrogens with one attached hydrogen (secondary N) is 3. The number of hydrogen-bond acceptors (Lipinski definition) is 2. The van der Waals surface area contributed by atoms with Crippen molar-refractivity contribution in [1.29, 1.82) is 0 Å². The van der Waals surface area contributed by atoms with E-state index in [9.17, 15) is 9.59 Å². The minimum absolute atomic E-state index is 0.0651. The number of benzene rings is 2. The van der Waals surface area contributed by atoms with E-state index in [1.165, 1.54) is 5.56 Å². The first-order valence-electron chi connectivity index (χ1n) is 8.02. The van der Waals surface area contributed by atoms with Crippen LogP contribution in [0.5, 0.6) is 0 Å². The quantitative estimate of drug-likeness (QED) is 0.763. The molecule has 5 nitrogen and oxygen atoms in total. The van der Waals surface area contributed by atoms with Gasteiger partial charge in [-0.2, -0.15) is 0 Å². The van der Waals surface area contributed by atoms with Crippen molar-refractivity contribution in [1.82, 2.24) is 10.6 Å². The molecule has 0 fully saturated rings. The van der Waals surface area contributed by atoms with Crippen LogP contribution in [0.4, 0.5) is 10.5 Å². The van der Waals surface area contributed by atoms with Crippen molar-refractivity contribution in [2.24, 2.45) is 0 Å². The van der Waals surface area contributed by atoms with Crippen molar-refractivity contribution in [3.8, 4) is 0 Å². The number of hydrogen-bond donors (Lipinski definition) is 3. The summed E-state index contributed by atoms with van der Waals surface area (Å²) in [5, 5.41) is 8.25. The van der Waals surface area contributed by atoms with Crippen LogP contribution in [-0.4, -0.2) is 25.0 Å². The number of rotatable bonds is 6. The third-order valence-corrected chi connectivity index (χ3v) is 3.72. The van der Waals surface area contributed by atoms with Gasteiger partial charge in [0, 0.05) is 24.3 Å². The average Bonchev–Trinajstić information content (AvgIpc) is 2.60. The zero-order chi connectivity index (χ0) is 17.4. The monoisotopic (exact) mass is 325 g/mol. The Kier molecular flexibility index (Phi) is 6.37. The van der Waals surface area contributed by atoms with Crippen molar-refractivity contribution < 1.29 is 9.59 Å². The van der Waals surface area contributed by atoms with Crippen LogP contribution in [0.3, 0.4) is 0 Å². The summed E-state index contributed by atoms with van der Waals surface area (Å²) in [5.41, 5.74) is 2.46. The zero-order valence-corrected chi connectivity index (χ0v) is 14.0. The van der Waals surface area contributed by atoms with Gasteiger partial charge in [-0.15, -0.1) is 0 Å². The van der Waals surface area contributed by atoms with Gasteiger partial charge in [0.25, 0.3) is 5.91 Å². The molecule has 0 aliphatic carbocycles. The third-order valence-electron chi connectivity index (χ3n) is 3.72. The molecule has 1 atom stereocenters. The van der Waals surface area contributed by atoms with Crippen LogP contribution in [0.2, 0.25) is 0 Å². The standard InChI is InChI=1S/C19H23N3O2/c1-14(8-9-15-6-4-3-5-7-15)21-19(24)22-17-12-10-16(11-13-17)18(23)20-2/h3-7,10-14H,8-9H2,1-2H3,(H,20,23)(H2,21,22,24). The molecule has 0 spiro atoms. The van der Waals surface area contributed by atoms with Gasteiger partial charge >= 0.3 is 6.03 Å². The normalized spacial score (nSPS) is 11.4. The lowest BCUT2D eigenvalue weighted by Gasteiger charge is -2.15. The van der Waals surface area contributed by atoms with Gasteiger partial charge in [0.05, 0.1) is 0 Å². The van der Waals surface area contributed by atoms with Crippen LogP contribution in [0.25, 0.3) is 0 Å². The topological polar surface area (TPSA) is 70.2 Å². The van der Waals surface area contributed by atoms with Crippen LogP contribution in [0.1, 0.15) is 29.3 Å². The summed E-state index contributed by atoms with van der Waals surface area (Å²) < 4.78 is 0. The largest absolute Gasteiger partial charge is 0.355 e.